The van der Waals surface area contributed by atoms with Gasteiger partial charge in [0.05, 0.1) is 32.3 Å². The summed E-state index contributed by atoms with van der Waals surface area (Å²) in [4.78, 5) is 15.2. The number of benzene rings is 3. The average molecular weight is 602 g/mol. The van der Waals surface area contributed by atoms with Crippen LogP contribution in [0.2, 0.25) is 19.6 Å². The molecule has 1 aliphatic heterocycles. The Labute approximate surface area is 229 Å². The summed E-state index contributed by atoms with van der Waals surface area (Å²) in [6.45, 7) is 11.8. The number of rotatable bonds is 6. The fraction of sp³-hybridized carbons (Fsp3) is 0.321. The zero-order valence-electron chi connectivity index (χ0n) is 22.1. The normalized spacial score (nSPS) is 13.9. The summed E-state index contributed by atoms with van der Waals surface area (Å²) < 4.78 is 34.8. The molecule has 6 nitrogen and oxygen atoms in total. The van der Waals surface area contributed by atoms with Gasteiger partial charge in [0.25, 0.3) is 0 Å². The average Bonchev–Trinajstić information content (AvgIpc) is 3.32. The largest absolute Gasteiger partial charge is 0.452 e. The van der Waals surface area contributed by atoms with Crippen molar-refractivity contribution in [2.45, 2.75) is 58.0 Å². The van der Waals surface area contributed by atoms with Crippen LogP contribution in [0.5, 0.6) is 0 Å². The van der Waals surface area contributed by atoms with Crippen LogP contribution in [-0.4, -0.2) is 34.0 Å². The molecule has 4 rings (SSSR count). The first kappa shape index (κ1) is 27.6. The molecule has 0 unspecified atom stereocenters. The molecule has 0 saturated carbocycles. The Balaban J connectivity index is 1.87. The maximum absolute atomic E-state index is 13.6. The van der Waals surface area contributed by atoms with Crippen LogP contribution in [-0.2, 0) is 34.4 Å². The number of methoxy groups -OCH3 is 1. The van der Waals surface area contributed by atoms with Crippen molar-refractivity contribution in [3.8, 4) is 0 Å². The Morgan fingerprint density at radius 1 is 0.973 bits per heavy atom. The summed E-state index contributed by atoms with van der Waals surface area (Å²) >= 11 is 3.38. The smallest absolute Gasteiger partial charge is 0.414 e. The number of anilines is 1. The summed E-state index contributed by atoms with van der Waals surface area (Å²) in [5.74, 6) is 0. The van der Waals surface area contributed by atoms with Crippen molar-refractivity contribution in [2.24, 2.45) is 0 Å². The number of carbonyl (C=O) groups is 1. The van der Waals surface area contributed by atoms with Gasteiger partial charge in [0.1, 0.15) is 0 Å². The predicted molar refractivity (Wildman–Crippen MR) is 155 cm³/mol. The number of nitrogens with zero attached hydrogens (tertiary/aromatic N) is 2. The van der Waals surface area contributed by atoms with Crippen LogP contribution in [0.1, 0.15) is 27.8 Å². The highest BCUT2D eigenvalue weighted by Gasteiger charge is 2.38. The van der Waals surface area contributed by atoms with Crippen molar-refractivity contribution >= 4 is 51.0 Å². The molecule has 1 amide bonds. The molecule has 37 heavy (non-hydrogen) atoms. The fourth-order valence-corrected chi connectivity index (χ4v) is 9.19. The van der Waals surface area contributed by atoms with E-state index < -0.39 is 24.2 Å². The molecule has 0 aromatic heterocycles. The molecule has 1 heterocycles. The fourth-order valence-electron chi connectivity index (χ4n) is 5.24. The third-order valence-corrected chi connectivity index (χ3v) is 11.4. The van der Waals surface area contributed by atoms with Crippen LogP contribution < -0.4 is 10.1 Å². The number of fused-ring (bicyclic) bond motifs is 1. The number of halogens is 1. The molecule has 0 aliphatic carbocycles. The van der Waals surface area contributed by atoms with E-state index in [1.807, 2.05) is 37.3 Å². The van der Waals surface area contributed by atoms with Crippen molar-refractivity contribution in [3.05, 3.63) is 86.9 Å². The Bertz CT molecular complexity index is 1440. The summed E-state index contributed by atoms with van der Waals surface area (Å²) in [6, 6.07) is 16.6. The third kappa shape index (κ3) is 5.27. The molecule has 0 radical (unpaired) electrons. The van der Waals surface area contributed by atoms with Gasteiger partial charge in [-0.15, -0.1) is 0 Å². The Hall–Kier alpha value is -2.46. The van der Waals surface area contributed by atoms with E-state index in [4.69, 9.17) is 4.74 Å². The highest BCUT2D eigenvalue weighted by Crippen LogP contribution is 2.38. The molecule has 0 saturated heterocycles. The van der Waals surface area contributed by atoms with Gasteiger partial charge in [-0.25, -0.2) is 13.2 Å². The van der Waals surface area contributed by atoms with Gasteiger partial charge in [-0.3, -0.25) is 4.90 Å². The summed E-state index contributed by atoms with van der Waals surface area (Å²) in [6.07, 6.45) is -0.428. The SMILES string of the molecule is COC(=O)N(Cc1ccccc1)c1c(C)c2c(c(C)c1[Si](C)(C)C)CN(S(=O)(=O)c1ccc(Br)cc1)C2. The Kier molecular flexibility index (Phi) is 7.72. The second-order valence-electron chi connectivity index (χ2n) is 10.4. The second kappa shape index (κ2) is 10.4. The zero-order valence-corrected chi connectivity index (χ0v) is 25.5. The molecule has 0 spiro atoms. The summed E-state index contributed by atoms with van der Waals surface area (Å²) in [5, 5.41) is 1.16. The molecule has 0 fully saturated rings. The van der Waals surface area contributed by atoms with Crippen LogP contribution >= 0.6 is 15.9 Å². The van der Waals surface area contributed by atoms with Gasteiger partial charge in [-0.2, -0.15) is 4.31 Å². The topological polar surface area (TPSA) is 66.9 Å². The van der Waals surface area contributed by atoms with Crippen molar-refractivity contribution < 1.29 is 17.9 Å². The molecular weight excluding hydrogens is 568 g/mol. The lowest BCUT2D eigenvalue weighted by molar-refractivity contribution is 0.178. The number of hydrogen-bond donors (Lipinski definition) is 0. The summed E-state index contributed by atoms with van der Waals surface area (Å²) in [5.41, 5.74) is 5.87. The minimum atomic E-state index is -3.69. The van der Waals surface area contributed by atoms with Crippen LogP contribution in [0.3, 0.4) is 0 Å². The zero-order chi connectivity index (χ0) is 27.1. The van der Waals surface area contributed by atoms with Gasteiger partial charge in [0.15, 0.2) is 0 Å². The Morgan fingerprint density at radius 3 is 2.08 bits per heavy atom. The minimum Gasteiger partial charge on any atom is -0.452 e. The number of carbonyl (C=O) groups excluding carboxylic acids is 1. The highest BCUT2D eigenvalue weighted by atomic mass is 79.9. The quantitative estimate of drug-likeness (QED) is 0.321. The van der Waals surface area contributed by atoms with Gasteiger partial charge >= 0.3 is 6.09 Å². The van der Waals surface area contributed by atoms with E-state index in [1.165, 1.54) is 7.11 Å². The number of hydrogen-bond acceptors (Lipinski definition) is 4. The van der Waals surface area contributed by atoms with Crippen molar-refractivity contribution in [2.75, 3.05) is 12.0 Å². The van der Waals surface area contributed by atoms with Gasteiger partial charge < -0.3 is 4.74 Å². The monoisotopic (exact) mass is 600 g/mol. The van der Waals surface area contributed by atoms with E-state index >= 15 is 0 Å². The van der Waals surface area contributed by atoms with Gasteiger partial charge in [-0.05, 0) is 71.1 Å². The van der Waals surface area contributed by atoms with Gasteiger partial charge in [0, 0.05) is 17.6 Å². The molecular formula is C28H33BrN2O4SSi. The van der Waals surface area contributed by atoms with E-state index in [9.17, 15) is 13.2 Å². The van der Waals surface area contributed by atoms with Crippen LogP contribution in [0.25, 0.3) is 0 Å². The van der Waals surface area contributed by atoms with Crippen molar-refractivity contribution in [3.63, 3.8) is 0 Å². The van der Waals surface area contributed by atoms with E-state index in [0.29, 0.717) is 13.1 Å². The number of amides is 1. The number of sulfonamides is 1. The van der Waals surface area contributed by atoms with Crippen molar-refractivity contribution in [1.29, 1.82) is 0 Å². The molecule has 0 bridgehead atoms. The standard InChI is InChI=1S/C28H33BrN2O4SSi/c1-19-24-17-30(36(33,34)23-14-12-22(29)13-15-23)18-25(24)20(2)27(37(4,5)6)26(19)31(28(32)35-3)16-21-10-8-7-9-11-21/h7-15H,16-18H2,1-6H3. The van der Waals surface area contributed by atoms with E-state index in [0.717, 1.165) is 43.2 Å². The van der Waals surface area contributed by atoms with Crippen LogP contribution in [0.15, 0.2) is 64.0 Å². The first-order valence-corrected chi connectivity index (χ1v) is 17.9. The van der Waals surface area contributed by atoms with Crippen LogP contribution in [0.4, 0.5) is 10.5 Å². The van der Waals surface area contributed by atoms with Crippen molar-refractivity contribution in [1.82, 2.24) is 4.31 Å². The van der Waals surface area contributed by atoms with Gasteiger partial charge in [-0.1, -0.05) is 65.9 Å². The van der Waals surface area contributed by atoms with Gasteiger partial charge in [0.2, 0.25) is 10.0 Å². The lowest BCUT2D eigenvalue weighted by Crippen LogP contribution is -2.46. The molecule has 0 atom stereocenters. The Morgan fingerprint density at radius 2 is 1.54 bits per heavy atom. The minimum absolute atomic E-state index is 0.264. The molecule has 3 aromatic rings. The number of ether oxygens (including phenoxy) is 1. The summed E-state index contributed by atoms with van der Waals surface area (Å²) in [7, 11) is -4.29. The second-order valence-corrected chi connectivity index (χ2v) is 18.3. The van der Waals surface area contributed by atoms with E-state index in [1.54, 1.807) is 33.5 Å². The molecule has 0 N–H and O–H groups in total. The molecule has 9 heteroatoms. The first-order valence-electron chi connectivity index (χ1n) is 12.2. The van der Waals surface area contributed by atoms with E-state index in [2.05, 4.69) is 42.5 Å². The van der Waals surface area contributed by atoms with E-state index in [-0.39, 0.29) is 11.4 Å². The predicted octanol–water partition coefficient (Wildman–Crippen LogP) is 6.09. The maximum atomic E-state index is 13.6. The lowest BCUT2D eigenvalue weighted by atomic mass is 9.96. The third-order valence-electron chi connectivity index (χ3n) is 6.96. The lowest BCUT2D eigenvalue weighted by Gasteiger charge is -2.33. The molecule has 3 aromatic carbocycles. The highest BCUT2D eigenvalue weighted by molar-refractivity contribution is 9.10. The maximum Gasteiger partial charge on any atom is 0.414 e. The molecule has 196 valence electrons. The van der Waals surface area contributed by atoms with Crippen LogP contribution in [0, 0.1) is 13.8 Å². The molecule has 1 aliphatic rings. The first-order chi connectivity index (χ1) is 17.4.